The van der Waals surface area contributed by atoms with Crippen LogP contribution in [0.5, 0.6) is 0 Å². The molecule has 0 saturated heterocycles. The highest BCUT2D eigenvalue weighted by atomic mass is 16.5. The third-order valence-corrected chi connectivity index (χ3v) is 14.5. The lowest BCUT2D eigenvalue weighted by Crippen LogP contribution is -2.45. The molecule has 0 bridgehead atoms. The molecule has 0 radical (unpaired) electrons. The Morgan fingerprint density at radius 1 is 0.460 bits per heavy atom. The Morgan fingerprint density at radius 2 is 0.825 bits per heavy atom. The first-order valence-corrected chi connectivity index (χ1v) is 28.3. The van der Waals surface area contributed by atoms with Crippen molar-refractivity contribution >= 4 is 11.9 Å². The zero-order chi connectivity index (χ0) is 46.0. The van der Waals surface area contributed by atoms with E-state index in [0.29, 0.717) is 30.7 Å². The van der Waals surface area contributed by atoms with Gasteiger partial charge >= 0.3 is 11.9 Å². The van der Waals surface area contributed by atoms with E-state index in [9.17, 15) is 14.7 Å². The lowest BCUT2D eigenvalue weighted by molar-refractivity contribution is -0.153. The van der Waals surface area contributed by atoms with Crippen molar-refractivity contribution in [3.05, 3.63) is 0 Å². The first kappa shape index (κ1) is 59.8. The van der Waals surface area contributed by atoms with Crippen molar-refractivity contribution in [1.29, 1.82) is 0 Å². The number of hydrogen-bond donors (Lipinski definition) is 1. The SMILES string of the molecule is CCCCCCCCC(CCCCCC)C(CC)OC(=O)CCCCCN(CCCCCC(=O)OC(CC)C(CCCCCC)CCCCCCCC)CCN(CCO)C1CCC1. The minimum Gasteiger partial charge on any atom is -0.462 e. The molecule has 0 amide bonds. The van der Waals surface area contributed by atoms with Crippen LogP contribution in [0.2, 0.25) is 0 Å². The summed E-state index contributed by atoms with van der Waals surface area (Å²) in [5.41, 5.74) is 0. The second-order valence-electron chi connectivity index (χ2n) is 20.0. The molecule has 0 aromatic rings. The molecule has 0 spiro atoms. The quantitative estimate of drug-likeness (QED) is 0.0481. The molecule has 0 aromatic carbocycles. The highest BCUT2D eigenvalue weighted by Crippen LogP contribution is 2.29. The van der Waals surface area contributed by atoms with E-state index in [1.807, 2.05) is 0 Å². The Hall–Kier alpha value is -1.18. The summed E-state index contributed by atoms with van der Waals surface area (Å²) in [5, 5.41) is 9.80. The molecule has 1 aliphatic rings. The summed E-state index contributed by atoms with van der Waals surface area (Å²) in [6, 6.07) is 0.624. The Morgan fingerprint density at radius 3 is 1.17 bits per heavy atom. The third-order valence-electron chi connectivity index (χ3n) is 14.5. The molecule has 63 heavy (non-hydrogen) atoms. The van der Waals surface area contributed by atoms with Crippen LogP contribution < -0.4 is 0 Å². The maximum atomic E-state index is 13.2. The highest BCUT2D eigenvalue weighted by Gasteiger charge is 2.26. The van der Waals surface area contributed by atoms with Gasteiger partial charge in [0.2, 0.25) is 0 Å². The number of rotatable bonds is 48. The summed E-state index contributed by atoms with van der Waals surface area (Å²) in [6.07, 6.45) is 43.5. The summed E-state index contributed by atoms with van der Waals surface area (Å²) in [6.45, 7) is 18.6. The van der Waals surface area contributed by atoms with Crippen LogP contribution in [0.1, 0.15) is 279 Å². The van der Waals surface area contributed by atoms with Gasteiger partial charge in [-0.25, -0.2) is 0 Å². The van der Waals surface area contributed by atoms with Crippen LogP contribution in [0.15, 0.2) is 0 Å². The molecular weight excluding hydrogens is 781 g/mol. The molecule has 1 saturated carbocycles. The van der Waals surface area contributed by atoms with Crippen LogP contribution >= 0.6 is 0 Å². The molecule has 1 aliphatic carbocycles. The summed E-state index contributed by atoms with van der Waals surface area (Å²) >= 11 is 0. The summed E-state index contributed by atoms with van der Waals surface area (Å²) < 4.78 is 12.5. The Bertz CT molecular complexity index is 942. The summed E-state index contributed by atoms with van der Waals surface area (Å²) in [7, 11) is 0. The van der Waals surface area contributed by atoms with E-state index in [2.05, 4.69) is 51.3 Å². The summed E-state index contributed by atoms with van der Waals surface area (Å²) in [5.74, 6) is 1.00. The van der Waals surface area contributed by atoms with Crippen molar-refractivity contribution in [2.24, 2.45) is 11.8 Å². The number of hydrogen-bond acceptors (Lipinski definition) is 7. The van der Waals surface area contributed by atoms with Crippen LogP contribution in [-0.2, 0) is 19.1 Å². The second-order valence-corrected chi connectivity index (χ2v) is 20.0. The fraction of sp³-hybridized carbons (Fsp3) is 0.964. The number of carbonyl (C=O) groups excluding carboxylic acids is 2. The van der Waals surface area contributed by atoms with Gasteiger partial charge in [0.25, 0.3) is 0 Å². The fourth-order valence-corrected chi connectivity index (χ4v) is 10.1. The van der Waals surface area contributed by atoms with Crippen LogP contribution in [0.4, 0.5) is 0 Å². The van der Waals surface area contributed by atoms with Crippen LogP contribution in [0.25, 0.3) is 0 Å². The number of ether oxygens (including phenoxy) is 2. The van der Waals surface area contributed by atoms with Crippen LogP contribution in [-0.4, -0.2) is 84.4 Å². The molecule has 1 N–H and O–H groups in total. The van der Waals surface area contributed by atoms with E-state index in [4.69, 9.17) is 9.47 Å². The molecule has 7 heteroatoms. The summed E-state index contributed by atoms with van der Waals surface area (Å²) in [4.78, 5) is 31.5. The zero-order valence-corrected chi connectivity index (χ0v) is 43.3. The first-order valence-electron chi connectivity index (χ1n) is 28.3. The van der Waals surface area contributed by atoms with Crippen LogP contribution in [0.3, 0.4) is 0 Å². The van der Waals surface area contributed by atoms with Crippen LogP contribution in [0, 0.1) is 11.8 Å². The van der Waals surface area contributed by atoms with Crippen molar-refractivity contribution in [2.75, 3.05) is 39.3 Å². The molecular formula is C56H110N2O5. The molecule has 1 fully saturated rings. The number of nitrogens with zero attached hydrogens (tertiary/aromatic N) is 2. The van der Waals surface area contributed by atoms with Gasteiger partial charge in [0.05, 0.1) is 6.61 Å². The number of aliphatic hydroxyl groups is 1. The lowest BCUT2D eigenvalue weighted by atomic mass is 9.88. The minimum atomic E-state index is 0.00411. The van der Waals surface area contributed by atoms with Crippen molar-refractivity contribution in [3.8, 4) is 0 Å². The largest absolute Gasteiger partial charge is 0.462 e. The molecule has 0 aliphatic heterocycles. The van der Waals surface area contributed by atoms with Crippen molar-refractivity contribution in [2.45, 2.75) is 297 Å². The topological polar surface area (TPSA) is 79.3 Å². The number of unbranched alkanes of at least 4 members (excludes halogenated alkanes) is 20. The molecule has 4 atom stereocenters. The van der Waals surface area contributed by atoms with Crippen molar-refractivity contribution in [1.82, 2.24) is 9.80 Å². The maximum Gasteiger partial charge on any atom is 0.306 e. The molecule has 7 nitrogen and oxygen atoms in total. The monoisotopic (exact) mass is 891 g/mol. The van der Waals surface area contributed by atoms with Gasteiger partial charge in [-0.15, -0.1) is 0 Å². The highest BCUT2D eigenvalue weighted by molar-refractivity contribution is 5.69. The smallest absolute Gasteiger partial charge is 0.306 e. The van der Waals surface area contributed by atoms with Gasteiger partial charge in [-0.05, 0) is 102 Å². The Kier molecular flexibility index (Phi) is 41.2. The van der Waals surface area contributed by atoms with Gasteiger partial charge in [-0.2, -0.15) is 0 Å². The van der Waals surface area contributed by atoms with E-state index in [-0.39, 0.29) is 30.8 Å². The normalized spacial score (nSPS) is 15.1. The van der Waals surface area contributed by atoms with Gasteiger partial charge < -0.3 is 19.5 Å². The van der Waals surface area contributed by atoms with E-state index >= 15 is 0 Å². The predicted octanol–water partition coefficient (Wildman–Crippen LogP) is 15.6. The van der Waals surface area contributed by atoms with Gasteiger partial charge in [0.1, 0.15) is 12.2 Å². The average Bonchev–Trinajstić information content (AvgIpc) is 3.26. The standard InChI is InChI=1S/C56H110N2O5/c1-7-13-17-21-23-29-38-50(36-27-19-15-9-3)53(11-5)62-55(60)42-31-25-33-44-57(46-47-58(48-49-59)52-40-35-41-52)45-34-26-32-43-56(61)63-54(12-6)51(37-28-20-16-10-4)39-30-24-22-18-14-8-2/h50-54,59H,7-49H2,1-6H3. The maximum absolute atomic E-state index is 13.2. The molecule has 374 valence electrons. The first-order chi connectivity index (χ1) is 30.9. The van der Waals surface area contributed by atoms with Crippen molar-refractivity contribution < 1.29 is 24.2 Å². The van der Waals surface area contributed by atoms with E-state index in [1.165, 1.54) is 173 Å². The second kappa shape index (κ2) is 43.4. The number of carbonyl (C=O) groups is 2. The lowest BCUT2D eigenvalue weighted by Gasteiger charge is -2.38. The Labute approximate surface area is 393 Å². The Balaban J connectivity index is 2.64. The third kappa shape index (κ3) is 32.2. The van der Waals surface area contributed by atoms with Crippen molar-refractivity contribution in [3.63, 3.8) is 0 Å². The van der Waals surface area contributed by atoms with E-state index in [1.54, 1.807) is 0 Å². The van der Waals surface area contributed by atoms with E-state index in [0.717, 1.165) is 84.1 Å². The fourth-order valence-electron chi connectivity index (χ4n) is 10.1. The number of esters is 2. The zero-order valence-electron chi connectivity index (χ0n) is 43.3. The van der Waals surface area contributed by atoms with E-state index < -0.39 is 0 Å². The average molecular weight is 892 g/mol. The van der Waals surface area contributed by atoms with Gasteiger partial charge in [-0.3, -0.25) is 14.5 Å². The molecule has 0 heterocycles. The minimum absolute atomic E-state index is 0.00411. The van der Waals surface area contributed by atoms with Gasteiger partial charge in [0.15, 0.2) is 0 Å². The van der Waals surface area contributed by atoms with Gasteiger partial charge in [-0.1, -0.05) is 189 Å². The molecule has 1 rings (SSSR count). The molecule has 4 unspecified atom stereocenters. The van der Waals surface area contributed by atoms with Gasteiger partial charge in [0, 0.05) is 38.5 Å². The number of aliphatic hydroxyl groups excluding tert-OH is 1. The molecule has 0 aromatic heterocycles. The predicted molar refractivity (Wildman–Crippen MR) is 270 cm³/mol.